The minimum absolute atomic E-state index is 0.165. The molecule has 0 saturated carbocycles. The second kappa shape index (κ2) is 18.1. The maximum absolute atomic E-state index is 10.2. The molecular weight excluding hydrogens is 413 g/mol. The van der Waals surface area contributed by atoms with Gasteiger partial charge in [0.15, 0.2) is 12.6 Å². The highest BCUT2D eigenvalue weighted by atomic mass is 31.1. The lowest BCUT2D eigenvalue weighted by Crippen LogP contribution is -2.35. The summed E-state index contributed by atoms with van der Waals surface area (Å²) in [4.78, 5) is 10.1. The smallest absolute Gasteiger partial charge is 0.188 e. The van der Waals surface area contributed by atoms with E-state index in [4.69, 9.17) is 14.2 Å². The van der Waals surface area contributed by atoms with Crippen LogP contribution in [0.1, 0.15) is 77.0 Å². The molecule has 0 amide bonds. The van der Waals surface area contributed by atoms with Gasteiger partial charge in [-0.25, -0.2) is 0 Å². The molecule has 0 aromatic carbocycles. The van der Waals surface area contributed by atoms with E-state index in [0.29, 0.717) is 13.4 Å². The molecule has 1 aliphatic rings. The zero-order valence-electron chi connectivity index (χ0n) is 20.4. The van der Waals surface area contributed by atoms with Crippen molar-refractivity contribution in [2.24, 2.45) is 0 Å². The van der Waals surface area contributed by atoms with Crippen molar-refractivity contribution in [3.05, 3.63) is 12.0 Å². The highest BCUT2D eigenvalue weighted by molar-refractivity contribution is 7.51. The van der Waals surface area contributed by atoms with Gasteiger partial charge in [-0.1, -0.05) is 44.9 Å². The number of ether oxygens (including phenoxy) is 3. The summed E-state index contributed by atoms with van der Waals surface area (Å²) in [6.07, 6.45) is 16.7. The van der Waals surface area contributed by atoms with E-state index in [0.717, 1.165) is 80.7 Å². The molecule has 7 heteroatoms. The lowest BCUT2D eigenvalue weighted by atomic mass is 10.0. The molecule has 2 N–H and O–H groups in total. The topological polar surface area (TPSA) is 68.2 Å². The third-order valence-electron chi connectivity index (χ3n) is 5.53. The molecule has 0 aromatic rings. The van der Waals surface area contributed by atoms with E-state index in [1.54, 1.807) is 6.26 Å². The third kappa shape index (κ3) is 18.8. The molecular formula is C24H49NO5P+. The summed E-state index contributed by atoms with van der Waals surface area (Å²) in [7, 11) is 5.78. The fourth-order valence-corrected chi connectivity index (χ4v) is 4.97. The van der Waals surface area contributed by atoms with Gasteiger partial charge in [0.25, 0.3) is 0 Å². The molecule has 1 heterocycles. The molecule has 6 nitrogen and oxygen atoms in total. The molecule has 0 spiro atoms. The summed E-state index contributed by atoms with van der Waals surface area (Å²) in [5.41, 5.74) is 0. The van der Waals surface area contributed by atoms with Crippen molar-refractivity contribution in [3.63, 3.8) is 0 Å². The van der Waals surface area contributed by atoms with Crippen molar-refractivity contribution in [2.45, 2.75) is 83.2 Å². The molecule has 0 saturated heterocycles. The summed E-state index contributed by atoms with van der Waals surface area (Å²) in [6.45, 7) is 2.70. The Morgan fingerprint density at radius 2 is 1.55 bits per heavy atom. The van der Waals surface area contributed by atoms with Crippen LogP contribution < -0.4 is 0 Å². The zero-order valence-corrected chi connectivity index (χ0v) is 21.3. The number of hydrogen-bond donors (Lipinski definition) is 2. The Bertz CT molecular complexity index is 456. The van der Waals surface area contributed by atoms with Crippen LogP contribution in [0.15, 0.2) is 12.0 Å². The second-order valence-electron chi connectivity index (χ2n) is 9.80. The lowest BCUT2D eigenvalue weighted by Gasteiger charge is -2.24. The Balaban J connectivity index is 1.81. The first kappa shape index (κ1) is 28.6. The SMILES string of the molecule is C[N+](C)(C)CCCP(O)CCCCC(O)CCCCCCCCCOC1=COCOC1. The predicted octanol–water partition coefficient (Wildman–Crippen LogP) is 4.99. The van der Waals surface area contributed by atoms with Gasteiger partial charge in [0, 0.05) is 14.6 Å². The normalized spacial score (nSPS) is 16.5. The molecule has 1 aliphatic heterocycles. The fourth-order valence-electron chi connectivity index (χ4n) is 3.65. The van der Waals surface area contributed by atoms with Crippen LogP contribution >= 0.6 is 8.15 Å². The van der Waals surface area contributed by atoms with Crippen molar-refractivity contribution in [3.8, 4) is 0 Å². The van der Waals surface area contributed by atoms with E-state index in [2.05, 4.69) is 21.1 Å². The molecule has 2 atom stereocenters. The number of unbranched alkanes of at least 4 members (excludes halogenated alkanes) is 7. The van der Waals surface area contributed by atoms with Crippen LogP contribution in [0, 0.1) is 0 Å². The lowest BCUT2D eigenvalue weighted by molar-refractivity contribution is -0.870. The van der Waals surface area contributed by atoms with Gasteiger partial charge in [0.1, 0.15) is 12.9 Å². The molecule has 31 heavy (non-hydrogen) atoms. The molecule has 0 radical (unpaired) electrons. The van der Waals surface area contributed by atoms with Gasteiger partial charge >= 0.3 is 0 Å². The van der Waals surface area contributed by atoms with Gasteiger partial charge in [-0.2, -0.15) is 0 Å². The molecule has 0 fully saturated rings. The average molecular weight is 463 g/mol. The summed E-state index contributed by atoms with van der Waals surface area (Å²) in [6, 6.07) is 0. The Morgan fingerprint density at radius 3 is 2.19 bits per heavy atom. The summed E-state index contributed by atoms with van der Waals surface area (Å²) < 4.78 is 16.8. The fraction of sp³-hybridized carbons (Fsp3) is 0.917. The zero-order chi connectivity index (χ0) is 22.8. The summed E-state index contributed by atoms with van der Waals surface area (Å²) >= 11 is 0. The van der Waals surface area contributed by atoms with Gasteiger partial charge in [-0.3, -0.25) is 0 Å². The van der Waals surface area contributed by atoms with Crippen LogP contribution in [0.25, 0.3) is 0 Å². The maximum Gasteiger partial charge on any atom is 0.188 e. The van der Waals surface area contributed by atoms with Gasteiger partial charge in [0.2, 0.25) is 0 Å². The van der Waals surface area contributed by atoms with Crippen LogP contribution in [-0.2, 0) is 14.2 Å². The van der Waals surface area contributed by atoms with Crippen LogP contribution in [0.4, 0.5) is 0 Å². The molecule has 184 valence electrons. The minimum atomic E-state index is -0.805. The Kier molecular flexibility index (Phi) is 16.7. The van der Waals surface area contributed by atoms with E-state index in [1.165, 1.54) is 32.1 Å². The van der Waals surface area contributed by atoms with Gasteiger partial charge in [-0.05, 0) is 38.0 Å². The summed E-state index contributed by atoms with van der Waals surface area (Å²) in [5.74, 6) is 0.789. The first-order chi connectivity index (χ1) is 14.9. The summed E-state index contributed by atoms with van der Waals surface area (Å²) in [5, 5.41) is 10.2. The van der Waals surface area contributed by atoms with E-state index in [9.17, 15) is 10.00 Å². The largest absolute Gasteiger partial charge is 0.492 e. The number of aliphatic hydroxyl groups is 1. The Labute approximate surface area is 192 Å². The first-order valence-corrected chi connectivity index (χ1v) is 14.0. The number of hydrogen-bond acceptors (Lipinski definition) is 5. The van der Waals surface area contributed by atoms with E-state index >= 15 is 0 Å². The molecule has 0 aromatic heterocycles. The van der Waals surface area contributed by atoms with Crippen LogP contribution in [0.3, 0.4) is 0 Å². The van der Waals surface area contributed by atoms with Crippen molar-refractivity contribution < 1.29 is 28.7 Å². The molecule has 2 unspecified atom stereocenters. The van der Waals surface area contributed by atoms with Crippen LogP contribution in [0.5, 0.6) is 0 Å². The number of nitrogens with zero attached hydrogens (tertiary/aromatic N) is 1. The maximum atomic E-state index is 10.2. The number of quaternary nitrogens is 1. The van der Waals surface area contributed by atoms with Crippen molar-refractivity contribution >= 4 is 8.15 Å². The number of aliphatic hydroxyl groups excluding tert-OH is 1. The second-order valence-corrected chi connectivity index (χ2v) is 11.7. The van der Waals surface area contributed by atoms with E-state index in [1.807, 2.05) is 0 Å². The van der Waals surface area contributed by atoms with Gasteiger partial charge in [0.05, 0.1) is 40.4 Å². The van der Waals surface area contributed by atoms with Crippen molar-refractivity contribution in [1.29, 1.82) is 0 Å². The van der Waals surface area contributed by atoms with Crippen molar-refractivity contribution in [2.75, 3.05) is 60.0 Å². The van der Waals surface area contributed by atoms with E-state index in [-0.39, 0.29) is 6.10 Å². The first-order valence-electron chi connectivity index (χ1n) is 12.3. The Morgan fingerprint density at radius 1 is 0.935 bits per heavy atom. The highest BCUT2D eigenvalue weighted by Crippen LogP contribution is 2.32. The quantitative estimate of drug-likeness (QED) is 0.152. The number of rotatable bonds is 20. The monoisotopic (exact) mass is 462 g/mol. The van der Waals surface area contributed by atoms with Gasteiger partial charge < -0.3 is 28.7 Å². The van der Waals surface area contributed by atoms with Crippen LogP contribution in [-0.4, -0.2) is 80.6 Å². The predicted molar refractivity (Wildman–Crippen MR) is 129 cm³/mol. The van der Waals surface area contributed by atoms with Crippen LogP contribution in [0.2, 0.25) is 0 Å². The molecule has 0 bridgehead atoms. The standard InChI is InChI=1S/C24H49NO5P/c1-25(2,3)16-13-19-31(27)18-12-10-15-23(26)14-9-7-5-4-6-8-11-17-30-24-20-28-22-29-21-24/h20,23,26-27H,4-19,21-22H2,1-3H3/q+1. The van der Waals surface area contributed by atoms with Crippen molar-refractivity contribution in [1.82, 2.24) is 0 Å². The third-order valence-corrected chi connectivity index (χ3v) is 7.19. The highest BCUT2D eigenvalue weighted by Gasteiger charge is 2.10. The minimum Gasteiger partial charge on any atom is -0.492 e. The molecule has 0 aliphatic carbocycles. The Hall–Kier alpha value is -0.390. The van der Waals surface area contributed by atoms with Gasteiger partial charge in [-0.15, -0.1) is 0 Å². The van der Waals surface area contributed by atoms with E-state index < -0.39 is 8.15 Å². The average Bonchev–Trinajstić information content (AvgIpc) is 2.72. The molecule has 1 rings (SSSR count).